The van der Waals surface area contributed by atoms with Crippen molar-refractivity contribution in [2.45, 2.75) is 10.6 Å². The molecule has 0 bridgehead atoms. The minimum atomic E-state index is 0.511. The molecule has 0 unspecified atom stereocenters. The predicted octanol–water partition coefficient (Wildman–Crippen LogP) is 3.62. The van der Waals surface area contributed by atoms with Crippen LogP contribution in [-0.4, -0.2) is 12.1 Å². The topological polar surface area (TPSA) is 48.1 Å². The van der Waals surface area contributed by atoms with Gasteiger partial charge < -0.3 is 10.5 Å². The fraction of sp³-hybridized carbons (Fsp3) is 0.154. The molecule has 0 aliphatic rings. The minimum Gasteiger partial charge on any atom is -0.496 e. The Balaban J connectivity index is 2.10. The molecule has 18 heavy (non-hydrogen) atoms. The van der Waals surface area contributed by atoms with E-state index < -0.39 is 0 Å². The third-order valence-corrected chi connectivity index (χ3v) is 3.63. The molecule has 0 saturated heterocycles. The number of ether oxygens (including phenoxy) is 1. The van der Waals surface area contributed by atoms with Crippen molar-refractivity contribution in [2.24, 2.45) is 0 Å². The van der Waals surface area contributed by atoms with Crippen LogP contribution in [0.2, 0.25) is 5.15 Å². The van der Waals surface area contributed by atoms with Gasteiger partial charge in [0.05, 0.1) is 12.8 Å². The van der Waals surface area contributed by atoms with Crippen molar-refractivity contribution in [2.75, 3.05) is 12.8 Å². The summed E-state index contributed by atoms with van der Waals surface area (Å²) < 4.78 is 5.29. The van der Waals surface area contributed by atoms with Crippen molar-refractivity contribution >= 4 is 29.1 Å². The number of nitrogens with two attached hydrogens (primary N) is 1. The first-order valence-corrected chi connectivity index (χ1v) is 6.73. The van der Waals surface area contributed by atoms with Crippen LogP contribution >= 0.6 is 23.4 Å². The van der Waals surface area contributed by atoms with Gasteiger partial charge in [0, 0.05) is 22.4 Å². The molecule has 3 nitrogen and oxygen atoms in total. The molecule has 2 rings (SSSR count). The maximum atomic E-state index is 5.84. The number of benzene rings is 1. The summed E-state index contributed by atoms with van der Waals surface area (Å²) >= 11 is 7.48. The highest BCUT2D eigenvalue weighted by molar-refractivity contribution is 7.98. The van der Waals surface area contributed by atoms with Crippen molar-refractivity contribution in [3.8, 4) is 5.75 Å². The standard InChI is InChI=1S/C13H13ClN2OS/c1-17-11-7-9(15)5-6-12(11)18-8-10-3-2-4-13(14)16-10/h2-7H,8,15H2,1H3. The first-order chi connectivity index (χ1) is 8.69. The second-order valence-electron chi connectivity index (χ2n) is 3.65. The van der Waals surface area contributed by atoms with Crippen molar-refractivity contribution < 1.29 is 4.74 Å². The lowest BCUT2D eigenvalue weighted by Crippen LogP contribution is -1.91. The Hall–Kier alpha value is -1.39. The van der Waals surface area contributed by atoms with Gasteiger partial charge in [-0.2, -0.15) is 0 Å². The number of halogens is 1. The number of anilines is 1. The average Bonchev–Trinajstić information content (AvgIpc) is 2.37. The van der Waals surface area contributed by atoms with Gasteiger partial charge >= 0.3 is 0 Å². The quantitative estimate of drug-likeness (QED) is 0.528. The van der Waals surface area contributed by atoms with Gasteiger partial charge in [0.1, 0.15) is 10.9 Å². The van der Waals surface area contributed by atoms with E-state index >= 15 is 0 Å². The molecule has 94 valence electrons. The number of methoxy groups -OCH3 is 1. The highest BCUT2D eigenvalue weighted by atomic mass is 35.5. The maximum absolute atomic E-state index is 5.84. The number of rotatable bonds is 4. The Morgan fingerprint density at radius 3 is 2.89 bits per heavy atom. The molecule has 0 radical (unpaired) electrons. The van der Waals surface area contributed by atoms with E-state index in [9.17, 15) is 0 Å². The minimum absolute atomic E-state index is 0.511. The van der Waals surface area contributed by atoms with Crippen LogP contribution in [0.5, 0.6) is 5.75 Å². The zero-order valence-corrected chi connectivity index (χ0v) is 11.5. The van der Waals surface area contributed by atoms with Crippen molar-refractivity contribution in [3.05, 3.63) is 47.2 Å². The van der Waals surface area contributed by atoms with Gasteiger partial charge in [0.25, 0.3) is 0 Å². The largest absolute Gasteiger partial charge is 0.496 e. The van der Waals surface area contributed by atoms with Crippen LogP contribution in [0.15, 0.2) is 41.3 Å². The van der Waals surface area contributed by atoms with Crippen LogP contribution in [0.3, 0.4) is 0 Å². The molecule has 1 aromatic heterocycles. The number of hydrogen-bond donors (Lipinski definition) is 1. The van der Waals surface area contributed by atoms with E-state index in [4.69, 9.17) is 22.1 Å². The summed E-state index contributed by atoms with van der Waals surface area (Å²) in [6.45, 7) is 0. The normalized spacial score (nSPS) is 10.3. The highest BCUT2D eigenvalue weighted by Gasteiger charge is 2.05. The van der Waals surface area contributed by atoms with E-state index in [1.54, 1.807) is 24.9 Å². The van der Waals surface area contributed by atoms with Crippen molar-refractivity contribution in [3.63, 3.8) is 0 Å². The van der Waals surface area contributed by atoms with Crippen LogP contribution in [0.25, 0.3) is 0 Å². The number of thioether (sulfide) groups is 1. The summed E-state index contributed by atoms with van der Waals surface area (Å²) in [7, 11) is 1.64. The van der Waals surface area contributed by atoms with Crippen LogP contribution in [-0.2, 0) is 5.75 Å². The third kappa shape index (κ3) is 3.31. The second-order valence-corrected chi connectivity index (χ2v) is 5.06. The molecule has 0 atom stereocenters. The van der Waals surface area contributed by atoms with E-state index in [-0.39, 0.29) is 0 Å². The number of nitrogens with zero attached hydrogens (tertiary/aromatic N) is 1. The molecular formula is C13H13ClN2OS. The Morgan fingerprint density at radius 1 is 1.33 bits per heavy atom. The van der Waals surface area contributed by atoms with Crippen molar-refractivity contribution in [1.82, 2.24) is 4.98 Å². The van der Waals surface area contributed by atoms with E-state index in [2.05, 4.69) is 4.98 Å². The van der Waals surface area contributed by atoms with Crippen LogP contribution in [0, 0.1) is 0 Å². The molecule has 0 spiro atoms. The van der Waals surface area contributed by atoms with Gasteiger partial charge in [0.2, 0.25) is 0 Å². The summed E-state index contributed by atoms with van der Waals surface area (Å²) in [4.78, 5) is 5.28. The Morgan fingerprint density at radius 2 is 2.17 bits per heavy atom. The average molecular weight is 281 g/mol. The summed E-state index contributed by atoms with van der Waals surface area (Å²) in [5.74, 6) is 1.52. The smallest absolute Gasteiger partial charge is 0.134 e. The number of aromatic nitrogens is 1. The summed E-state index contributed by atoms with van der Waals surface area (Å²) in [6.07, 6.45) is 0. The molecule has 1 heterocycles. The van der Waals surface area contributed by atoms with E-state index in [1.807, 2.05) is 30.3 Å². The fourth-order valence-corrected chi connectivity index (χ4v) is 2.58. The first-order valence-electron chi connectivity index (χ1n) is 5.37. The molecule has 0 aliphatic carbocycles. The highest BCUT2D eigenvalue weighted by Crippen LogP contribution is 2.32. The molecule has 0 amide bonds. The van der Waals surface area contributed by atoms with Crippen molar-refractivity contribution in [1.29, 1.82) is 0 Å². The van der Waals surface area contributed by atoms with Crippen LogP contribution in [0.1, 0.15) is 5.69 Å². The Bertz CT molecular complexity index is 548. The van der Waals surface area contributed by atoms with Gasteiger partial charge in [0.15, 0.2) is 0 Å². The first kappa shape index (κ1) is 13.1. The number of nitrogen functional groups attached to an aromatic ring is 1. The zero-order valence-electron chi connectivity index (χ0n) is 9.89. The predicted molar refractivity (Wildman–Crippen MR) is 76.2 cm³/mol. The molecule has 5 heteroatoms. The molecular weight excluding hydrogens is 268 g/mol. The lowest BCUT2D eigenvalue weighted by atomic mass is 10.3. The molecule has 0 aliphatic heterocycles. The van der Waals surface area contributed by atoms with Gasteiger partial charge in [-0.1, -0.05) is 17.7 Å². The lowest BCUT2D eigenvalue weighted by Gasteiger charge is -2.08. The van der Waals surface area contributed by atoms with E-state index in [0.29, 0.717) is 10.8 Å². The Kier molecular flexibility index (Phi) is 4.33. The van der Waals surface area contributed by atoms with Gasteiger partial charge in [-0.05, 0) is 24.3 Å². The molecule has 2 N–H and O–H groups in total. The van der Waals surface area contributed by atoms with Crippen LogP contribution < -0.4 is 10.5 Å². The third-order valence-electron chi connectivity index (χ3n) is 2.34. The number of pyridine rings is 1. The van der Waals surface area contributed by atoms with Crippen LogP contribution in [0.4, 0.5) is 5.69 Å². The Labute approximate surface area is 115 Å². The SMILES string of the molecule is COc1cc(N)ccc1SCc1cccc(Cl)n1. The van der Waals surface area contributed by atoms with Gasteiger partial charge in [-0.25, -0.2) is 4.98 Å². The molecule has 1 aromatic carbocycles. The van der Waals surface area contributed by atoms with E-state index in [1.165, 1.54) is 0 Å². The monoisotopic (exact) mass is 280 g/mol. The lowest BCUT2D eigenvalue weighted by molar-refractivity contribution is 0.405. The zero-order chi connectivity index (χ0) is 13.0. The second kappa shape index (κ2) is 5.98. The fourth-order valence-electron chi connectivity index (χ4n) is 1.49. The molecule has 2 aromatic rings. The number of hydrogen-bond acceptors (Lipinski definition) is 4. The summed E-state index contributed by atoms with van der Waals surface area (Å²) in [5.41, 5.74) is 7.34. The molecule has 0 fully saturated rings. The summed E-state index contributed by atoms with van der Waals surface area (Å²) in [5, 5.41) is 0.511. The van der Waals surface area contributed by atoms with E-state index in [0.717, 1.165) is 22.1 Å². The molecule has 0 saturated carbocycles. The van der Waals surface area contributed by atoms with Gasteiger partial charge in [-0.3, -0.25) is 0 Å². The maximum Gasteiger partial charge on any atom is 0.134 e. The summed E-state index contributed by atoms with van der Waals surface area (Å²) in [6, 6.07) is 11.2. The van der Waals surface area contributed by atoms with Gasteiger partial charge in [-0.15, -0.1) is 11.8 Å².